The van der Waals surface area contributed by atoms with Crippen molar-refractivity contribution in [3.8, 4) is 16.9 Å². The smallest absolute Gasteiger partial charge is 0.130 e. The molecule has 2 nitrogen and oxygen atoms in total. The summed E-state index contributed by atoms with van der Waals surface area (Å²) in [5.41, 5.74) is 12.9. The van der Waals surface area contributed by atoms with Crippen molar-refractivity contribution in [1.82, 2.24) is 0 Å². The Morgan fingerprint density at radius 1 is 1.09 bits per heavy atom. The minimum atomic E-state index is -0.329. The summed E-state index contributed by atoms with van der Waals surface area (Å²) >= 11 is 0. The van der Waals surface area contributed by atoms with Crippen molar-refractivity contribution in [2.45, 2.75) is 59.0 Å². The fraction of sp³-hybridized carbons (Fsp3) is 0.429. The van der Waals surface area contributed by atoms with Crippen molar-refractivity contribution in [2.75, 3.05) is 5.73 Å². The van der Waals surface area contributed by atoms with Crippen LogP contribution < -0.4 is 10.5 Å². The van der Waals surface area contributed by atoms with Gasteiger partial charge in [-0.15, -0.1) is 0 Å². The van der Waals surface area contributed by atoms with Crippen LogP contribution in [0.25, 0.3) is 11.1 Å². The molecule has 122 valence electrons. The first-order valence-electron chi connectivity index (χ1n) is 8.65. The third-order valence-electron chi connectivity index (χ3n) is 4.72. The predicted octanol–water partition coefficient (Wildman–Crippen LogP) is 5.60. The van der Waals surface area contributed by atoms with Gasteiger partial charge in [0.15, 0.2) is 0 Å². The van der Waals surface area contributed by atoms with E-state index < -0.39 is 0 Å². The predicted molar refractivity (Wildman–Crippen MR) is 97.9 cm³/mol. The summed E-state index contributed by atoms with van der Waals surface area (Å²) in [7, 11) is 0. The van der Waals surface area contributed by atoms with Gasteiger partial charge in [0, 0.05) is 16.8 Å². The molecule has 0 unspecified atom stereocenters. The molecular weight excluding hydrogens is 282 g/mol. The quantitative estimate of drug-likeness (QED) is 0.589. The molecule has 0 atom stereocenters. The second-order valence-corrected chi connectivity index (χ2v) is 7.18. The summed E-state index contributed by atoms with van der Waals surface area (Å²) in [5.74, 6) is 0.930. The molecule has 2 heteroatoms. The van der Waals surface area contributed by atoms with Crippen LogP contribution in [0.15, 0.2) is 30.3 Å². The molecule has 0 saturated heterocycles. The van der Waals surface area contributed by atoms with Crippen LogP contribution in [0.3, 0.4) is 0 Å². The Hall–Kier alpha value is -1.96. The zero-order valence-electron chi connectivity index (χ0n) is 14.7. The van der Waals surface area contributed by atoms with Gasteiger partial charge < -0.3 is 10.5 Å². The molecule has 2 aromatic carbocycles. The van der Waals surface area contributed by atoms with E-state index in [0.29, 0.717) is 0 Å². The molecule has 3 rings (SSSR count). The lowest BCUT2D eigenvalue weighted by Crippen LogP contribution is -2.29. The zero-order valence-corrected chi connectivity index (χ0v) is 14.7. The Morgan fingerprint density at radius 3 is 2.61 bits per heavy atom. The molecule has 23 heavy (non-hydrogen) atoms. The van der Waals surface area contributed by atoms with Gasteiger partial charge in [0.1, 0.15) is 11.4 Å². The van der Waals surface area contributed by atoms with Gasteiger partial charge in [-0.05, 0) is 56.9 Å². The highest BCUT2D eigenvalue weighted by molar-refractivity contribution is 5.86. The lowest BCUT2D eigenvalue weighted by atomic mass is 9.84. The third-order valence-corrected chi connectivity index (χ3v) is 4.72. The number of hydrogen-bond donors (Lipinski definition) is 1. The van der Waals surface area contributed by atoms with Crippen molar-refractivity contribution >= 4 is 5.69 Å². The van der Waals surface area contributed by atoms with Gasteiger partial charge in [-0.1, -0.05) is 43.5 Å². The molecule has 0 saturated carbocycles. The van der Waals surface area contributed by atoms with Crippen molar-refractivity contribution in [1.29, 1.82) is 0 Å². The Bertz CT molecular complexity index is 731. The highest BCUT2D eigenvalue weighted by Crippen LogP contribution is 2.48. The van der Waals surface area contributed by atoms with Gasteiger partial charge in [0.2, 0.25) is 0 Å². The van der Waals surface area contributed by atoms with Crippen LogP contribution in [0.2, 0.25) is 0 Å². The summed E-state index contributed by atoms with van der Waals surface area (Å²) in [6.45, 7) is 8.61. The molecule has 0 fully saturated rings. The summed E-state index contributed by atoms with van der Waals surface area (Å²) in [6.07, 6.45) is 4.76. The maximum atomic E-state index is 6.42. The number of nitrogen functional groups attached to an aromatic ring is 1. The first kappa shape index (κ1) is 15.9. The van der Waals surface area contributed by atoms with Crippen molar-refractivity contribution in [3.63, 3.8) is 0 Å². The molecule has 2 aromatic rings. The summed E-state index contributed by atoms with van der Waals surface area (Å²) < 4.78 is 6.33. The highest BCUT2D eigenvalue weighted by atomic mass is 16.5. The largest absolute Gasteiger partial charge is 0.482 e. The van der Waals surface area contributed by atoms with Crippen LogP contribution in [0, 0.1) is 6.92 Å². The first-order chi connectivity index (χ1) is 10.9. The Balaban J connectivity index is 2.09. The fourth-order valence-electron chi connectivity index (χ4n) is 3.51. The van der Waals surface area contributed by atoms with Crippen molar-refractivity contribution in [2.24, 2.45) is 0 Å². The monoisotopic (exact) mass is 309 g/mol. The maximum absolute atomic E-state index is 6.42. The topological polar surface area (TPSA) is 35.2 Å². The second-order valence-electron chi connectivity index (χ2n) is 7.18. The molecule has 1 aliphatic heterocycles. The molecule has 0 spiro atoms. The summed E-state index contributed by atoms with van der Waals surface area (Å²) in [5, 5.41) is 0. The molecular formula is C21H27NO. The van der Waals surface area contributed by atoms with E-state index in [0.717, 1.165) is 23.4 Å². The number of aryl methyl sites for hydroxylation is 2. The lowest BCUT2D eigenvalue weighted by molar-refractivity contribution is 0.106. The number of hydrogen-bond acceptors (Lipinski definition) is 2. The number of fused-ring (bicyclic) bond motifs is 3. The molecule has 1 heterocycles. The number of nitrogens with two attached hydrogens (primary N) is 1. The van der Waals surface area contributed by atoms with E-state index in [1.807, 2.05) is 0 Å². The average molecular weight is 309 g/mol. The number of benzene rings is 2. The van der Waals surface area contributed by atoms with Crippen molar-refractivity contribution < 1.29 is 4.74 Å². The standard InChI is InChI=1S/C21H27NO/c1-5-6-7-8-15-12-18(22)20-16-11-14(2)9-10-17(16)21(3,4)23-19(20)13-15/h9-13H,5-8,22H2,1-4H3. The van der Waals surface area contributed by atoms with Crippen LogP contribution >= 0.6 is 0 Å². The number of ether oxygens (including phenoxy) is 1. The van der Waals surface area contributed by atoms with Gasteiger partial charge in [-0.3, -0.25) is 0 Å². The van der Waals surface area contributed by atoms with Gasteiger partial charge in [-0.2, -0.15) is 0 Å². The van der Waals surface area contributed by atoms with Crippen LogP contribution in [0.5, 0.6) is 5.75 Å². The fourth-order valence-corrected chi connectivity index (χ4v) is 3.51. The van der Waals surface area contributed by atoms with Gasteiger partial charge >= 0.3 is 0 Å². The van der Waals surface area contributed by atoms with Crippen LogP contribution in [-0.4, -0.2) is 0 Å². The third kappa shape index (κ3) is 2.95. The van der Waals surface area contributed by atoms with Crippen LogP contribution in [0.1, 0.15) is 56.7 Å². The molecule has 0 aliphatic carbocycles. The Kier molecular flexibility index (Phi) is 4.09. The van der Waals surface area contributed by atoms with Gasteiger partial charge in [0.05, 0.1) is 0 Å². The lowest BCUT2D eigenvalue weighted by Gasteiger charge is -2.36. The van der Waals surface area contributed by atoms with E-state index in [2.05, 4.69) is 58.0 Å². The molecule has 0 bridgehead atoms. The minimum Gasteiger partial charge on any atom is -0.482 e. The number of anilines is 1. The molecule has 0 radical (unpaired) electrons. The van der Waals surface area contributed by atoms with E-state index in [4.69, 9.17) is 10.5 Å². The zero-order chi connectivity index (χ0) is 16.6. The molecule has 1 aliphatic rings. The Labute approximate surface area is 139 Å². The number of unbranched alkanes of at least 4 members (excludes halogenated alkanes) is 2. The second kappa shape index (κ2) is 5.92. The maximum Gasteiger partial charge on any atom is 0.130 e. The van der Waals surface area contributed by atoms with Gasteiger partial charge in [-0.25, -0.2) is 0 Å². The normalized spacial score (nSPS) is 14.8. The summed E-state index contributed by atoms with van der Waals surface area (Å²) in [6, 6.07) is 10.9. The Morgan fingerprint density at radius 2 is 1.87 bits per heavy atom. The first-order valence-corrected chi connectivity index (χ1v) is 8.65. The van der Waals surface area contributed by atoms with Crippen molar-refractivity contribution in [3.05, 3.63) is 47.0 Å². The average Bonchev–Trinajstić information content (AvgIpc) is 2.46. The SMILES string of the molecule is CCCCCc1cc(N)c2c(c1)OC(C)(C)c1ccc(C)cc1-2. The van der Waals surface area contributed by atoms with Gasteiger partial charge in [0.25, 0.3) is 0 Å². The van der Waals surface area contributed by atoms with E-state index in [1.54, 1.807) is 0 Å². The molecule has 2 N–H and O–H groups in total. The van der Waals surface area contributed by atoms with E-state index in [-0.39, 0.29) is 5.60 Å². The minimum absolute atomic E-state index is 0.329. The summed E-state index contributed by atoms with van der Waals surface area (Å²) in [4.78, 5) is 0. The van der Waals surface area contributed by atoms with E-state index in [1.165, 1.54) is 41.5 Å². The highest BCUT2D eigenvalue weighted by Gasteiger charge is 2.33. The van der Waals surface area contributed by atoms with E-state index >= 15 is 0 Å². The number of rotatable bonds is 4. The van der Waals surface area contributed by atoms with Crippen LogP contribution in [-0.2, 0) is 12.0 Å². The van der Waals surface area contributed by atoms with Crippen LogP contribution in [0.4, 0.5) is 5.69 Å². The molecule has 0 amide bonds. The van der Waals surface area contributed by atoms with E-state index in [9.17, 15) is 0 Å². The molecule has 0 aromatic heterocycles.